The summed E-state index contributed by atoms with van der Waals surface area (Å²) < 4.78 is 5.74. The Morgan fingerprint density at radius 1 is 0.760 bits per heavy atom. The predicted molar refractivity (Wildman–Crippen MR) is 97.4 cm³/mol. The highest BCUT2D eigenvalue weighted by Gasteiger charge is 2.08. The van der Waals surface area contributed by atoms with Crippen molar-refractivity contribution in [2.24, 2.45) is 0 Å². The van der Waals surface area contributed by atoms with Crippen LogP contribution in [-0.4, -0.2) is 11.7 Å². The number of para-hydroxylation sites is 1. The molecular weight excluding hydrogens is 314 g/mol. The van der Waals surface area contributed by atoms with Gasteiger partial charge < -0.3 is 10.1 Å². The van der Waals surface area contributed by atoms with Gasteiger partial charge in [-0.25, -0.2) is 0 Å². The fourth-order valence-electron chi connectivity index (χ4n) is 2.32. The number of carbonyl (C=O) groups excluding carboxylic acids is 2. The van der Waals surface area contributed by atoms with Crippen molar-refractivity contribution in [2.45, 2.75) is 6.92 Å². The van der Waals surface area contributed by atoms with Crippen molar-refractivity contribution in [3.63, 3.8) is 0 Å². The third kappa shape index (κ3) is 4.32. The highest BCUT2D eigenvalue weighted by atomic mass is 16.5. The van der Waals surface area contributed by atoms with E-state index in [1.165, 1.54) is 6.92 Å². The third-order valence-electron chi connectivity index (χ3n) is 3.62. The summed E-state index contributed by atoms with van der Waals surface area (Å²) in [6.07, 6.45) is 0. The first kappa shape index (κ1) is 16.5. The number of hydrogen-bond donors (Lipinski definition) is 1. The van der Waals surface area contributed by atoms with Gasteiger partial charge in [-0.1, -0.05) is 24.3 Å². The highest BCUT2D eigenvalue weighted by Crippen LogP contribution is 2.22. The summed E-state index contributed by atoms with van der Waals surface area (Å²) in [7, 11) is 0. The summed E-state index contributed by atoms with van der Waals surface area (Å²) in [4.78, 5) is 23.7. The maximum Gasteiger partial charge on any atom is 0.255 e. The molecule has 124 valence electrons. The van der Waals surface area contributed by atoms with Gasteiger partial charge in [-0.15, -0.1) is 0 Å². The van der Waals surface area contributed by atoms with Gasteiger partial charge >= 0.3 is 0 Å². The second-order valence-corrected chi connectivity index (χ2v) is 5.53. The molecule has 3 aromatic rings. The highest BCUT2D eigenvalue weighted by molar-refractivity contribution is 6.04. The number of ketones is 1. The maximum absolute atomic E-state index is 12.4. The minimum Gasteiger partial charge on any atom is -0.457 e. The molecule has 0 bridgehead atoms. The summed E-state index contributed by atoms with van der Waals surface area (Å²) in [6, 6.07) is 23.1. The normalized spacial score (nSPS) is 10.1. The molecule has 0 spiro atoms. The van der Waals surface area contributed by atoms with Crippen molar-refractivity contribution >= 4 is 17.4 Å². The smallest absolute Gasteiger partial charge is 0.255 e. The van der Waals surface area contributed by atoms with E-state index in [9.17, 15) is 9.59 Å². The maximum atomic E-state index is 12.4. The second-order valence-electron chi connectivity index (χ2n) is 5.53. The summed E-state index contributed by atoms with van der Waals surface area (Å²) in [6.45, 7) is 1.51. The lowest BCUT2D eigenvalue weighted by molar-refractivity contribution is 0.101. The first-order valence-corrected chi connectivity index (χ1v) is 7.87. The number of anilines is 1. The summed E-state index contributed by atoms with van der Waals surface area (Å²) in [5, 5.41) is 2.81. The minimum atomic E-state index is -0.242. The lowest BCUT2D eigenvalue weighted by atomic mass is 10.1. The van der Waals surface area contributed by atoms with Crippen molar-refractivity contribution in [1.29, 1.82) is 0 Å². The van der Waals surface area contributed by atoms with Crippen molar-refractivity contribution in [3.05, 3.63) is 90.0 Å². The summed E-state index contributed by atoms with van der Waals surface area (Å²) >= 11 is 0. The molecule has 25 heavy (non-hydrogen) atoms. The number of benzene rings is 3. The van der Waals surface area contributed by atoms with Crippen LogP contribution in [0, 0.1) is 0 Å². The Kier molecular flexibility index (Phi) is 4.90. The Hall–Kier alpha value is -3.40. The Bertz CT molecular complexity index is 887. The Labute approximate surface area is 146 Å². The molecule has 0 aliphatic carbocycles. The zero-order valence-corrected chi connectivity index (χ0v) is 13.7. The zero-order valence-electron chi connectivity index (χ0n) is 13.7. The van der Waals surface area contributed by atoms with Gasteiger partial charge in [0.05, 0.1) is 0 Å². The van der Waals surface area contributed by atoms with E-state index in [0.29, 0.717) is 28.3 Å². The fourth-order valence-corrected chi connectivity index (χ4v) is 2.32. The molecule has 0 aromatic heterocycles. The first-order chi connectivity index (χ1) is 12.1. The Balaban J connectivity index is 1.71. The molecule has 0 unspecified atom stereocenters. The molecule has 0 aliphatic rings. The molecule has 0 saturated heterocycles. The molecule has 4 nitrogen and oxygen atoms in total. The molecule has 1 amide bonds. The molecule has 3 aromatic carbocycles. The van der Waals surface area contributed by atoms with Crippen LogP contribution in [0.5, 0.6) is 11.5 Å². The van der Waals surface area contributed by atoms with Crippen LogP contribution in [0.3, 0.4) is 0 Å². The van der Waals surface area contributed by atoms with E-state index in [-0.39, 0.29) is 11.7 Å². The van der Waals surface area contributed by atoms with E-state index in [2.05, 4.69) is 5.32 Å². The number of Topliss-reactive ketones (excluding diaryl/α,β-unsaturated/α-hetero) is 1. The van der Waals surface area contributed by atoms with Crippen LogP contribution in [-0.2, 0) is 0 Å². The molecule has 0 heterocycles. The summed E-state index contributed by atoms with van der Waals surface area (Å²) in [5.74, 6) is 1.04. The molecule has 1 N–H and O–H groups in total. The monoisotopic (exact) mass is 331 g/mol. The third-order valence-corrected chi connectivity index (χ3v) is 3.62. The van der Waals surface area contributed by atoms with Crippen LogP contribution < -0.4 is 10.1 Å². The van der Waals surface area contributed by atoms with E-state index in [1.54, 1.807) is 48.5 Å². The van der Waals surface area contributed by atoms with Gasteiger partial charge in [0, 0.05) is 16.8 Å². The van der Waals surface area contributed by atoms with E-state index in [1.807, 2.05) is 30.3 Å². The van der Waals surface area contributed by atoms with Gasteiger partial charge in [-0.2, -0.15) is 0 Å². The number of carbonyl (C=O) groups is 2. The lowest BCUT2D eigenvalue weighted by Gasteiger charge is -2.09. The molecule has 0 saturated carbocycles. The predicted octanol–water partition coefficient (Wildman–Crippen LogP) is 4.93. The summed E-state index contributed by atoms with van der Waals surface area (Å²) in [5.41, 5.74) is 1.73. The van der Waals surface area contributed by atoms with Crippen LogP contribution in [0.15, 0.2) is 78.9 Å². The first-order valence-electron chi connectivity index (χ1n) is 7.87. The van der Waals surface area contributed by atoms with E-state index in [0.717, 1.165) is 0 Å². The van der Waals surface area contributed by atoms with Gasteiger partial charge in [0.25, 0.3) is 5.91 Å². The molecule has 3 rings (SSSR count). The number of ether oxygens (including phenoxy) is 1. The van der Waals surface area contributed by atoms with Crippen LogP contribution in [0.1, 0.15) is 27.6 Å². The van der Waals surface area contributed by atoms with Gasteiger partial charge in [0.1, 0.15) is 11.5 Å². The Morgan fingerprint density at radius 2 is 1.44 bits per heavy atom. The van der Waals surface area contributed by atoms with Gasteiger partial charge in [-0.05, 0) is 61.5 Å². The average Bonchev–Trinajstić information content (AvgIpc) is 2.63. The minimum absolute atomic E-state index is 0.0105. The molecule has 4 heteroatoms. The lowest BCUT2D eigenvalue weighted by Crippen LogP contribution is -2.11. The number of rotatable bonds is 5. The van der Waals surface area contributed by atoms with Crippen molar-refractivity contribution in [1.82, 2.24) is 0 Å². The Morgan fingerprint density at radius 3 is 2.12 bits per heavy atom. The fraction of sp³-hybridized carbons (Fsp3) is 0.0476. The molecular formula is C21H17NO3. The van der Waals surface area contributed by atoms with Crippen LogP contribution in [0.25, 0.3) is 0 Å². The average molecular weight is 331 g/mol. The topological polar surface area (TPSA) is 55.4 Å². The van der Waals surface area contributed by atoms with Crippen LogP contribution in [0.4, 0.5) is 5.69 Å². The number of amides is 1. The van der Waals surface area contributed by atoms with Gasteiger partial charge in [0.15, 0.2) is 5.78 Å². The SMILES string of the molecule is CC(=O)c1ccc(NC(=O)c2cccc(Oc3ccccc3)c2)cc1. The largest absolute Gasteiger partial charge is 0.457 e. The van der Waals surface area contributed by atoms with E-state index in [4.69, 9.17) is 4.74 Å². The zero-order chi connectivity index (χ0) is 17.6. The molecule has 0 fully saturated rings. The van der Waals surface area contributed by atoms with E-state index < -0.39 is 0 Å². The molecule has 0 atom stereocenters. The van der Waals surface area contributed by atoms with E-state index >= 15 is 0 Å². The molecule has 0 aliphatic heterocycles. The second kappa shape index (κ2) is 7.45. The number of nitrogens with one attached hydrogen (secondary N) is 1. The van der Waals surface area contributed by atoms with Gasteiger partial charge in [-0.3, -0.25) is 9.59 Å². The number of hydrogen-bond acceptors (Lipinski definition) is 3. The van der Waals surface area contributed by atoms with Crippen LogP contribution >= 0.6 is 0 Å². The molecule has 0 radical (unpaired) electrons. The van der Waals surface area contributed by atoms with Crippen molar-refractivity contribution < 1.29 is 14.3 Å². The standard InChI is InChI=1S/C21H17NO3/c1-15(23)16-10-12-18(13-11-16)22-21(24)17-6-5-9-20(14-17)25-19-7-3-2-4-8-19/h2-14H,1H3,(H,22,24). The van der Waals surface area contributed by atoms with Crippen LogP contribution in [0.2, 0.25) is 0 Å². The van der Waals surface area contributed by atoms with Crippen molar-refractivity contribution in [3.8, 4) is 11.5 Å². The quantitative estimate of drug-likeness (QED) is 0.674. The van der Waals surface area contributed by atoms with Gasteiger partial charge in [0.2, 0.25) is 0 Å². The van der Waals surface area contributed by atoms with Crippen molar-refractivity contribution in [2.75, 3.05) is 5.32 Å².